The third-order valence-corrected chi connectivity index (χ3v) is 4.79. The van der Waals surface area contributed by atoms with Gasteiger partial charge in [0.15, 0.2) is 5.54 Å². The summed E-state index contributed by atoms with van der Waals surface area (Å²) in [6.45, 7) is 4.93. The Balaban J connectivity index is 2.35. The Hall–Kier alpha value is -1.56. The molecule has 1 atom stereocenters. The van der Waals surface area contributed by atoms with E-state index in [2.05, 4.69) is 15.9 Å². The normalized spacial score (nSPS) is 20.0. The van der Waals surface area contributed by atoms with Crippen molar-refractivity contribution in [2.45, 2.75) is 45.1 Å². The van der Waals surface area contributed by atoms with Gasteiger partial charge >= 0.3 is 12.1 Å². The fourth-order valence-corrected chi connectivity index (χ4v) is 3.32. The van der Waals surface area contributed by atoms with Crippen LogP contribution in [0.4, 0.5) is 4.79 Å². The smallest absolute Gasteiger partial charge is 0.410 e. The molecular weight excluding hydrogens is 374 g/mol. The molecule has 1 fully saturated rings. The minimum absolute atomic E-state index is 0.274. The standard InChI is InChI=1S/C18H24BrNO4/c1-3-5-13-24-17(22)20-12-6-11-18(20,16(21)23-4-2)14-7-9-15(19)10-8-14/h7-10H,3-6,11-13H2,1-2H3. The number of esters is 1. The zero-order valence-electron chi connectivity index (χ0n) is 14.2. The third-order valence-electron chi connectivity index (χ3n) is 4.26. The van der Waals surface area contributed by atoms with Crippen molar-refractivity contribution >= 4 is 28.0 Å². The van der Waals surface area contributed by atoms with Crippen LogP contribution in [-0.2, 0) is 19.8 Å². The molecule has 5 nitrogen and oxygen atoms in total. The number of rotatable bonds is 6. The Morgan fingerprint density at radius 3 is 2.54 bits per heavy atom. The van der Waals surface area contributed by atoms with E-state index in [0.29, 0.717) is 19.6 Å². The first-order valence-electron chi connectivity index (χ1n) is 8.44. The quantitative estimate of drug-likeness (QED) is 0.531. The maximum absolute atomic E-state index is 12.8. The van der Waals surface area contributed by atoms with E-state index in [9.17, 15) is 9.59 Å². The highest BCUT2D eigenvalue weighted by Crippen LogP contribution is 2.41. The molecule has 0 radical (unpaired) electrons. The first-order valence-corrected chi connectivity index (χ1v) is 9.23. The van der Waals surface area contributed by atoms with Gasteiger partial charge in [0.05, 0.1) is 13.2 Å². The SMILES string of the molecule is CCCCOC(=O)N1CCCC1(C(=O)OCC)c1ccc(Br)cc1. The van der Waals surface area contributed by atoms with Crippen molar-refractivity contribution in [1.82, 2.24) is 4.90 Å². The minimum atomic E-state index is -1.10. The highest BCUT2D eigenvalue weighted by Gasteiger charge is 2.53. The van der Waals surface area contributed by atoms with Crippen molar-refractivity contribution in [2.75, 3.05) is 19.8 Å². The molecule has 1 aromatic rings. The van der Waals surface area contributed by atoms with E-state index in [1.54, 1.807) is 6.92 Å². The van der Waals surface area contributed by atoms with E-state index in [1.165, 1.54) is 4.90 Å². The van der Waals surface area contributed by atoms with Crippen LogP contribution in [0.3, 0.4) is 0 Å². The highest BCUT2D eigenvalue weighted by atomic mass is 79.9. The largest absolute Gasteiger partial charge is 0.464 e. The molecule has 1 aromatic carbocycles. The maximum atomic E-state index is 12.8. The van der Waals surface area contributed by atoms with Crippen molar-refractivity contribution in [3.8, 4) is 0 Å². The number of carbonyl (C=O) groups is 2. The van der Waals surface area contributed by atoms with Crippen LogP contribution in [0.25, 0.3) is 0 Å². The first-order chi connectivity index (χ1) is 11.6. The van der Waals surface area contributed by atoms with Crippen LogP contribution in [0.1, 0.15) is 45.1 Å². The van der Waals surface area contributed by atoms with Gasteiger partial charge in [0, 0.05) is 11.0 Å². The number of halogens is 1. The van der Waals surface area contributed by atoms with Gasteiger partial charge in [-0.05, 0) is 43.9 Å². The molecule has 1 aliphatic heterocycles. The molecule has 1 aliphatic rings. The van der Waals surface area contributed by atoms with Crippen LogP contribution >= 0.6 is 15.9 Å². The molecule has 0 saturated carbocycles. The van der Waals surface area contributed by atoms with Crippen molar-refractivity contribution in [2.24, 2.45) is 0 Å². The van der Waals surface area contributed by atoms with Crippen LogP contribution in [0, 0.1) is 0 Å². The predicted octanol–water partition coefficient (Wildman–Crippen LogP) is 4.24. The number of benzene rings is 1. The number of amides is 1. The maximum Gasteiger partial charge on any atom is 0.410 e. The lowest BCUT2D eigenvalue weighted by atomic mass is 9.87. The van der Waals surface area contributed by atoms with E-state index in [-0.39, 0.29) is 6.61 Å². The number of hydrogen-bond donors (Lipinski definition) is 0. The Bertz CT molecular complexity index is 575. The number of ether oxygens (including phenoxy) is 2. The van der Waals surface area contributed by atoms with Gasteiger partial charge in [-0.1, -0.05) is 41.4 Å². The van der Waals surface area contributed by atoms with Gasteiger partial charge in [0.1, 0.15) is 0 Å². The molecule has 24 heavy (non-hydrogen) atoms. The van der Waals surface area contributed by atoms with Crippen molar-refractivity contribution in [1.29, 1.82) is 0 Å². The second-order valence-electron chi connectivity index (χ2n) is 5.81. The molecule has 132 valence electrons. The van der Waals surface area contributed by atoms with Crippen LogP contribution < -0.4 is 0 Å². The minimum Gasteiger partial charge on any atom is -0.464 e. The van der Waals surface area contributed by atoms with E-state index < -0.39 is 17.6 Å². The number of hydrogen-bond acceptors (Lipinski definition) is 4. The molecule has 1 unspecified atom stereocenters. The second kappa shape index (κ2) is 8.51. The summed E-state index contributed by atoms with van der Waals surface area (Å²) in [5.41, 5.74) is -0.339. The average Bonchev–Trinajstić information content (AvgIpc) is 3.02. The number of carbonyl (C=O) groups excluding carboxylic acids is 2. The van der Waals surface area contributed by atoms with Gasteiger partial charge in [-0.3, -0.25) is 4.90 Å². The summed E-state index contributed by atoms with van der Waals surface area (Å²) in [7, 11) is 0. The molecule has 1 amide bonds. The lowest BCUT2D eigenvalue weighted by Crippen LogP contribution is -2.51. The summed E-state index contributed by atoms with van der Waals surface area (Å²) < 4.78 is 11.6. The number of nitrogens with zero attached hydrogens (tertiary/aromatic N) is 1. The van der Waals surface area contributed by atoms with Gasteiger partial charge < -0.3 is 9.47 Å². The number of unbranched alkanes of at least 4 members (excludes halogenated alkanes) is 1. The Morgan fingerprint density at radius 1 is 1.21 bits per heavy atom. The molecule has 1 saturated heterocycles. The van der Waals surface area contributed by atoms with Crippen LogP contribution in [-0.4, -0.2) is 36.7 Å². The summed E-state index contributed by atoms with van der Waals surface area (Å²) in [4.78, 5) is 26.9. The third kappa shape index (κ3) is 3.74. The van der Waals surface area contributed by atoms with Gasteiger partial charge in [-0.2, -0.15) is 0 Å². The molecule has 0 N–H and O–H groups in total. The summed E-state index contributed by atoms with van der Waals surface area (Å²) >= 11 is 3.40. The monoisotopic (exact) mass is 397 g/mol. The molecule has 6 heteroatoms. The van der Waals surface area contributed by atoms with Crippen LogP contribution in [0.15, 0.2) is 28.7 Å². The van der Waals surface area contributed by atoms with E-state index in [1.807, 2.05) is 31.2 Å². The van der Waals surface area contributed by atoms with Crippen molar-refractivity contribution < 1.29 is 19.1 Å². The zero-order valence-corrected chi connectivity index (χ0v) is 15.8. The molecular formula is C18H24BrNO4. The molecule has 0 aliphatic carbocycles. The number of likely N-dealkylation sites (tertiary alicyclic amines) is 1. The van der Waals surface area contributed by atoms with Crippen molar-refractivity contribution in [3.63, 3.8) is 0 Å². The van der Waals surface area contributed by atoms with Gasteiger partial charge in [-0.25, -0.2) is 9.59 Å². The van der Waals surface area contributed by atoms with Crippen molar-refractivity contribution in [3.05, 3.63) is 34.3 Å². The van der Waals surface area contributed by atoms with E-state index >= 15 is 0 Å². The molecule has 1 heterocycles. The molecule has 0 bridgehead atoms. The van der Waals surface area contributed by atoms with Crippen LogP contribution in [0.2, 0.25) is 0 Å². The van der Waals surface area contributed by atoms with E-state index in [4.69, 9.17) is 9.47 Å². The summed E-state index contributed by atoms with van der Waals surface area (Å²) in [5, 5.41) is 0. The first kappa shape index (κ1) is 18.8. The Kier molecular flexibility index (Phi) is 6.66. The Labute approximate surface area is 151 Å². The summed E-state index contributed by atoms with van der Waals surface area (Å²) in [6, 6.07) is 7.46. The fraction of sp³-hybridized carbons (Fsp3) is 0.556. The van der Waals surface area contributed by atoms with E-state index in [0.717, 1.165) is 29.3 Å². The van der Waals surface area contributed by atoms with Gasteiger partial charge in [0.25, 0.3) is 0 Å². The molecule has 0 aromatic heterocycles. The topological polar surface area (TPSA) is 55.8 Å². The van der Waals surface area contributed by atoms with Crippen LogP contribution in [0.5, 0.6) is 0 Å². The molecule has 2 rings (SSSR count). The highest BCUT2D eigenvalue weighted by molar-refractivity contribution is 9.10. The van der Waals surface area contributed by atoms with Gasteiger partial charge in [-0.15, -0.1) is 0 Å². The lowest BCUT2D eigenvalue weighted by Gasteiger charge is -2.36. The lowest BCUT2D eigenvalue weighted by molar-refractivity contribution is -0.156. The summed E-state index contributed by atoms with van der Waals surface area (Å²) in [6.07, 6.45) is 2.58. The fourth-order valence-electron chi connectivity index (χ4n) is 3.05. The van der Waals surface area contributed by atoms with Gasteiger partial charge in [0.2, 0.25) is 0 Å². The predicted molar refractivity (Wildman–Crippen MR) is 94.6 cm³/mol. The molecule has 0 spiro atoms. The Morgan fingerprint density at radius 2 is 1.92 bits per heavy atom. The second-order valence-corrected chi connectivity index (χ2v) is 6.73. The average molecular weight is 398 g/mol. The summed E-state index contributed by atoms with van der Waals surface area (Å²) in [5.74, 6) is -0.391. The zero-order chi connectivity index (χ0) is 17.6.